The third-order valence-electron chi connectivity index (χ3n) is 3.28. The molecule has 1 fully saturated rings. The lowest BCUT2D eigenvalue weighted by Crippen LogP contribution is -2.38. The SMILES string of the molecule is O=C(CN1CCCNCC1)NCc1cc(F)ccc1Br. The number of halogens is 2. The maximum Gasteiger partial charge on any atom is 0.234 e. The molecule has 1 heterocycles. The fraction of sp³-hybridized carbons (Fsp3) is 0.500. The molecule has 0 spiro atoms. The lowest BCUT2D eigenvalue weighted by Gasteiger charge is -2.18. The molecule has 4 nitrogen and oxygen atoms in total. The average molecular weight is 344 g/mol. The lowest BCUT2D eigenvalue weighted by molar-refractivity contribution is -0.122. The van der Waals surface area contributed by atoms with Crippen molar-refractivity contribution >= 4 is 21.8 Å². The third-order valence-corrected chi connectivity index (χ3v) is 4.06. The molecule has 0 aromatic heterocycles. The first-order valence-corrected chi connectivity index (χ1v) is 7.58. The van der Waals surface area contributed by atoms with Crippen molar-refractivity contribution in [2.24, 2.45) is 0 Å². The Labute approximate surface area is 126 Å². The Balaban J connectivity index is 1.81. The highest BCUT2D eigenvalue weighted by Crippen LogP contribution is 2.17. The predicted molar refractivity (Wildman–Crippen MR) is 79.9 cm³/mol. The Morgan fingerprint density at radius 1 is 1.40 bits per heavy atom. The van der Waals surface area contributed by atoms with E-state index in [0.717, 1.165) is 42.6 Å². The van der Waals surface area contributed by atoms with Gasteiger partial charge in [-0.2, -0.15) is 0 Å². The van der Waals surface area contributed by atoms with Gasteiger partial charge in [0.1, 0.15) is 5.82 Å². The van der Waals surface area contributed by atoms with Crippen LogP contribution >= 0.6 is 15.9 Å². The molecule has 6 heteroatoms. The second-order valence-corrected chi connectivity index (χ2v) is 5.75. The number of benzene rings is 1. The van der Waals surface area contributed by atoms with Crippen LogP contribution in [0.3, 0.4) is 0 Å². The van der Waals surface area contributed by atoms with Crippen molar-refractivity contribution in [1.82, 2.24) is 15.5 Å². The summed E-state index contributed by atoms with van der Waals surface area (Å²) in [5.74, 6) is -0.320. The number of hydrogen-bond donors (Lipinski definition) is 2. The van der Waals surface area contributed by atoms with Gasteiger partial charge < -0.3 is 10.6 Å². The van der Waals surface area contributed by atoms with Crippen molar-refractivity contribution < 1.29 is 9.18 Å². The van der Waals surface area contributed by atoms with Crippen molar-refractivity contribution in [2.75, 3.05) is 32.7 Å². The molecule has 2 rings (SSSR count). The van der Waals surface area contributed by atoms with E-state index >= 15 is 0 Å². The first-order chi connectivity index (χ1) is 9.65. The van der Waals surface area contributed by atoms with E-state index in [1.807, 2.05) is 0 Å². The Hall–Kier alpha value is -0.980. The standard InChI is InChI=1S/C14H19BrFN3O/c15-13-3-2-12(16)8-11(13)9-18-14(20)10-19-6-1-4-17-5-7-19/h2-3,8,17H,1,4-7,9-10H2,(H,18,20). The van der Waals surface area contributed by atoms with E-state index in [2.05, 4.69) is 31.5 Å². The summed E-state index contributed by atoms with van der Waals surface area (Å²) in [6.07, 6.45) is 1.06. The summed E-state index contributed by atoms with van der Waals surface area (Å²) in [6, 6.07) is 4.47. The molecule has 1 amide bonds. The molecule has 1 saturated heterocycles. The van der Waals surface area contributed by atoms with Gasteiger partial charge in [-0.15, -0.1) is 0 Å². The summed E-state index contributed by atoms with van der Waals surface area (Å²) in [5.41, 5.74) is 0.746. The van der Waals surface area contributed by atoms with E-state index in [-0.39, 0.29) is 11.7 Å². The van der Waals surface area contributed by atoms with E-state index in [1.54, 1.807) is 6.07 Å². The molecule has 1 aliphatic rings. The van der Waals surface area contributed by atoms with Crippen LogP contribution in [0, 0.1) is 5.82 Å². The van der Waals surface area contributed by atoms with E-state index in [0.29, 0.717) is 13.1 Å². The number of rotatable bonds is 4. The summed E-state index contributed by atoms with van der Waals surface area (Å²) >= 11 is 3.35. The normalized spacial score (nSPS) is 16.7. The summed E-state index contributed by atoms with van der Waals surface area (Å²) in [4.78, 5) is 14.0. The van der Waals surface area contributed by atoms with Gasteiger partial charge in [0.25, 0.3) is 0 Å². The number of nitrogens with one attached hydrogen (secondary N) is 2. The number of carbonyl (C=O) groups excluding carboxylic acids is 1. The van der Waals surface area contributed by atoms with Crippen LogP contribution in [0.25, 0.3) is 0 Å². The molecule has 20 heavy (non-hydrogen) atoms. The van der Waals surface area contributed by atoms with Gasteiger partial charge in [0.2, 0.25) is 5.91 Å². The van der Waals surface area contributed by atoms with Gasteiger partial charge in [0.15, 0.2) is 0 Å². The number of carbonyl (C=O) groups is 1. The molecule has 1 aliphatic heterocycles. The average Bonchev–Trinajstić information content (AvgIpc) is 2.68. The van der Waals surface area contributed by atoms with Crippen LogP contribution in [0.1, 0.15) is 12.0 Å². The number of amides is 1. The van der Waals surface area contributed by atoms with Gasteiger partial charge in [-0.25, -0.2) is 4.39 Å². The lowest BCUT2D eigenvalue weighted by atomic mass is 10.2. The van der Waals surface area contributed by atoms with Crippen LogP contribution in [0.5, 0.6) is 0 Å². The third kappa shape index (κ3) is 4.85. The molecular weight excluding hydrogens is 325 g/mol. The zero-order valence-electron chi connectivity index (χ0n) is 11.3. The maximum absolute atomic E-state index is 13.1. The largest absolute Gasteiger partial charge is 0.351 e. The highest BCUT2D eigenvalue weighted by atomic mass is 79.9. The van der Waals surface area contributed by atoms with Crippen LogP contribution in [-0.4, -0.2) is 43.5 Å². The van der Waals surface area contributed by atoms with Crippen LogP contribution < -0.4 is 10.6 Å². The molecule has 0 atom stereocenters. The maximum atomic E-state index is 13.1. The molecule has 0 saturated carbocycles. The van der Waals surface area contributed by atoms with E-state index in [9.17, 15) is 9.18 Å². The Morgan fingerprint density at radius 3 is 3.10 bits per heavy atom. The summed E-state index contributed by atoms with van der Waals surface area (Å²) < 4.78 is 13.9. The number of hydrogen-bond acceptors (Lipinski definition) is 3. The first-order valence-electron chi connectivity index (χ1n) is 6.79. The van der Waals surface area contributed by atoms with E-state index in [4.69, 9.17) is 0 Å². The van der Waals surface area contributed by atoms with E-state index < -0.39 is 0 Å². The first kappa shape index (κ1) is 15.4. The summed E-state index contributed by atoms with van der Waals surface area (Å²) in [6.45, 7) is 4.48. The van der Waals surface area contributed by atoms with Crippen LogP contribution in [0.4, 0.5) is 4.39 Å². The highest BCUT2D eigenvalue weighted by molar-refractivity contribution is 9.10. The Kier molecular flexibility index (Phi) is 5.94. The molecule has 0 aliphatic carbocycles. The summed E-state index contributed by atoms with van der Waals surface area (Å²) in [7, 11) is 0. The molecule has 1 aromatic carbocycles. The molecule has 2 N–H and O–H groups in total. The van der Waals surface area contributed by atoms with Crippen molar-refractivity contribution in [1.29, 1.82) is 0 Å². The zero-order valence-corrected chi connectivity index (χ0v) is 12.9. The van der Waals surface area contributed by atoms with Crippen molar-refractivity contribution in [3.8, 4) is 0 Å². The Morgan fingerprint density at radius 2 is 2.25 bits per heavy atom. The smallest absolute Gasteiger partial charge is 0.234 e. The van der Waals surface area contributed by atoms with Gasteiger partial charge in [0.05, 0.1) is 6.54 Å². The second-order valence-electron chi connectivity index (χ2n) is 4.89. The van der Waals surface area contributed by atoms with Gasteiger partial charge in [-0.1, -0.05) is 15.9 Å². The van der Waals surface area contributed by atoms with Gasteiger partial charge in [0, 0.05) is 24.1 Å². The van der Waals surface area contributed by atoms with Gasteiger partial charge in [-0.3, -0.25) is 9.69 Å². The number of nitrogens with zero attached hydrogens (tertiary/aromatic N) is 1. The fourth-order valence-electron chi connectivity index (χ4n) is 2.19. The minimum Gasteiger partial charge on any atom is -0.351 e. The molecule has 110 valence electrons. The quantitative estimate of drug-likeness (QED) is 0.870. The van der Waals surface area contributed by atoms with Crippen molar-refractivity contribution in [3.05, 3.63) is 34.1 Å². The fourth-order valence-corrected chi connectivity index (χ4v) is 2.58. The summed E-state index contributed by atoms with van der Waals surface area (Å²) in [5, 5.41) is 6.14. The minimum absolute atomic E-state index is 0.0249. The van der Waals surface area contributed by atoms with Crippen molar-refractivity contribution in [2.45, 2.75) is 13.0 Å². The van der Waals surface area contributed by atoms with Gasteiger partial charge >= 0.3 is 0 Å². The van der Waals surface area contributed by atoms with Gasteiger partial charge in [-0.05, 0) is 43.3 Å². The molecule has 0 bridgehead atoms. The molecule has 0 radical (unpaired) electrons. The second kappa shape index (κ2) is 7.71. The van der Waals surface area contributed by atoms with Crippen molar-refractivity contribution in [3.63, 3.8) is 0 Å². The van der Waals surface area contributed by atoms with E-state index in [1.165, 1.54) is 12.1 Å². The Bertz CT molecular complexity index is 462. The monoisotopic (exact) mass is 343 g/mol. The molecular formula is C14H19BrFN3O. The van der Waals surface area contributed by atoms with Crippen LogP contribution in [-0.2, 0) is 11.3 Å². The highest BCUT2D eigenvalue weighted by Gasteiger charge is 2.12. The van der Waals surface area contributed by atoms with Crippen LogP contribution in [0.15, 0.2) is 22.7 Å². The van der Waals surface area contributed by atoms with Crippen LogP contribution in [0.2, 0.25) is 0 Å². The zero-order chi connectivity index (χ0) is 14.4. The predicted octanol–water partition coefficient (Wildman–Crippen LogP) is 1.50. The molecule has 0 unspecified atom stereocenters. The minimum atomic E-state index is -0.295. The topological polar surface area (TPSA) is 44.4 Å². The molecule has 1 aromatic rings.